The summed E-state index contributed by atoms with van der Waals surface area (Å²) in [6.07, 6.45) is 6.80. The SMILES string of the molecule is CCCCN(C)CC1CCN(CCC)CC1. The second-order valence-corrected chi connectivity index (χ2v) is 5.40. The zero-order valence-electron chi connectivity index (χ0n) is 11.5. The van der Waals surface area contributed by atoms with Crippen LogP contribution in [0.15, 0.2) is 0 Å². The molecule has 16 heavy (non-hydrogen) atoms. The van der Waals surface area contributed by atoms with Crippen molar-refractivity contribution in [3.05, 3.63) is 0 Å². The second-order valence-electron chi connectivity index (χ2n) is 5.40. The molecule has 0 spiro atoms. The van der Waals surface area contributed by atoms with E-state index in [1.54, 1.807) is 0 Å². The Bertz CT molecular complexity index is 162. The molecule has 0 amide bonds. The minimum Gasteiger partial charge on any atom is -0.306 e. The van der Waals surface area contributed by atoms with E-state index < -0.39 is 0 Å². The van der Waals surface area contributed by atoms with Crippen LogP contribution < -0.4 is 0 Å². The summed E-state index contributed by atoms with van der Waals surface area (Å²) in [5.41, 5.74) is 0. The summed E-state index contributed by atoms with van der Waals surface area (Å²) < 4.78 is 0. The lowest BCUT2D eigenvalue weighted by Crippen LogP contribution is -2.38. The summed E-state index contributed by atoms with van der Waals surface area (Å²) in [6, 6.07) is 0. The molecule has 1 fully saturated rings. The molecule has 1 aliphatic rings. The fourth-order valence-electron chi connectivity index (χ4n) is 2.67. The Labute approximate surface area is 102 Å². The second kappa shape index (κ2) is 8.08. The number of likely N-dealkylation sites (tertiary alicyclic amines) is 1. The van der Waals surface area contributed by atoms with E-state index in [0.29, 0.717) is 0 Å². The van der Waals surface area contributed by atoms with Gasteiger partial charge in [0, 0.05) is 6.54 Å². The molecule has 96 valence electrons. The van der Waals surface area contributed by atoms with E-state index in [9.17, 15) is 0 Å². The summed E-state index contributed by atoms with van der Waals surface area (Å²) in [7, 11) is 2.29. The van der Waals surface area contributed by atoms with E-state index in [1.165, 1.54) is 64.8 Å². The van der Waals surface area contributed by atoms with Gasteiger partial charge >= 0.3 is 0 Å². The summed E-state index contributed by atoms with van der Waals surface area (Å²) in [5.74, 6) is 0.954. The van der Waals surface area contributed by atoms with Gasteiger partial charge in [-0.3, -0.25) is 0 Å². The van der Waals surface area contributed by atoms with Gasteiger partial charge in [0.2, 0.25) is 0 Å². The van der Waals surface area contributed by atoms with Crippen molar-refractivity contribution in [1.82, 2.24) is 9.80 Å². The van der Waals surface area contributed by atoms with Gasteiger partial charge < -0.3 is 9.80 Å². The number of hydrogen-bond donors (Lipinski definition) is 0. The van der Waals surface area contributed by atoms with Gasteiger partial charge in [0.25, 0.3) is 0 Å². The van der Waals surface area contributed by atoms with Crippen LogP contribution in [-0.4, -0.2) is 49.6 Å². The molecule has 0 aromatic carbocycles. The predicted octanol–water partition coefficient (Wildman–Crippen LogP) is 2.84. The number of hydrogen-bond acceptors (Lipinski definition) is 2. The third-order valence-electron chi connectivity index (χ3n) is 3.71. The Kier molecular flexibility index (Phi) is 7.06. The Morgan fingerprint density at radius 1 is 1.12 bits per heavy atom. The highest BCUT2D eigenvalue weighted by Gasteiger charge is 2.19. The summed E-state index contributed by atoms with van der Waals surface area (Å²) in [4.78, 5) is 5.16. The lowest BCUT2D eigenvalue weighted by atomic mass is 9.96. The van der Waals surface area contributed by atoms with Gasteiger partial charge in [0.15, 0.2) is 0 Å². The molecule has 0 radical (unpaired) electrons. The highest BCUT2D eigenvalue weighted by Crippen LogP contribution is 2.18. The quantitative estimate of drug-likeness (QED) is 0.658. The fourth-order valence-corrected chi connectivity index (χ4v) is 2.67. The summed E-state index contributed by atoms with van der Waals surface area (Å²) >= 11 is 0. The minimum absolute atomic E-state index is 0.954. The topological polar surface area (TPSA) is 6.48 Å². The smallest absolute Gasteiger partial charge is 0.000756 e. The van der Waals surface area contributed by atoms with Gasteiger partial charge in [0.05, 0.1) is 0 Å². The van der Waals surface area contributed by atoms with Crippen LogP contribution in [0.2, 0.25) is 0 Å². The third kappa shape index (κ3) is 5.31. The van der Waals surface area contributed by atoms with Crippen LogP contribution in [0.25, 0.3) is 0 Å². The molecule has 0 saturated carbocycles. The van der Waals surface area contributed by atoms with E-state index in [1.807, 2.05) is 0 Å². The molecule has 1 aliphatic heterocycles. The molecular formula is C14H30N2. The number of piperidine rings is 1. The van der Waals surface area contributed by atoms with Crippen LogP contribution in [0.4, 0.5) is 0 Å². The van der Waals surface area contributed by atoms with Crippen molar-refractivity contribution < 1.29 is 0 Å². The maximum absolute atomic E-state index is 2.63. The van der Waals surface area contributed by atoms with E-state index in [2.05, 4.69) is 30.7 Å². The van der Waals surface area contributed by atoms with Gasteiger partial charge in [-0.05, 0) is 64.8 Å². The normalized spacial score (nSPS) is 19.5. The zero-order valence-corrected chi connectivity index (χ0v) is 11.5. The molecule has 0 N–H and O–H groups in total. The Morgan fingerprint density at radius 3 is 2.38 bits per heavy atom. The molecule has 2 heteroatoms. The number of nitrogens with zero attached hydrogens (tertiary/aromatic N) is 2. The largest absolute Gasteiger partial charge is 0.306 e. The molecule has 0 atom stereocenters. The highest BCUT2D eigenvalue weighted by molar-refractivity contribution is 4.74. The Morgan fingerprint density at radius 2 is 1.81 bits per heavy atom. The van der Waals surface area contributed by atoms with Crippen LogP contribution in [0, 0.1) is 5.92 Å². The first-order valence-corrected chi connectivity index (χ1v) is 7.17. The molecule has 1 heterocycles. The van der Waals surface area contributed by atoms with Gasteiger partial charge in [-0.1, -0.05) is 20.3 Å². The molecule has 0 aliphatic carbocycles. The van der Waals surface area contributed by atoms with Crippen LogP contribution in [0.1, 0.15) is 46.0 Å². The van der Waals surface area contributed by atoms with Crippen LogP contribution in [0.3, 0.4) is 0 Å². The standard InChI is InChI=1S/C14H30N2/c1-4-6-10-15(3)13-14-7-11-16(9-5-2)12-8-14/h14H,4-13H2,1-3H3. The van der Waals surface area contributed by atoms with Crippen molar-refractivity contribution in [2.75, 3.05) is 39.8 Å². The molecule has 0 aromatic rings. The third-order valence-corrected chi connectivity index (χ3v) is 3.71. The Balaban J connectivity index is 2.11. The lowest BCUT2D eigenvalue weighted by Gasteiger charge is -2.33. The molecule has 1 rings (SSSR count). The van der Waals surface area contributed by atoms with Gasteiger partial charge in [-0.25, -0.2) is 0 Å². The highest BCUT2D eigenvalue weighted by atomic mass is 15.1. The number of unbranched alkanes of at least 4 members (excludes halogenated alkanes) is 1. The van der Waals surface area contributed by atoms with Gasteiger partial charge in [-0.15, -0.1) is 0 Å². The lowest BCUT2D eigenvalue weighted by molar-refractivity contribution is 0.154. The first-order valence-electron chi connectivity index (χ1n) is 7.17. The van der Waals surface area contributed by atoms with Gasteiger partial charge in [-0.2, -0.15) is 0 Å². The Hall–Kier alpha value is -0.0800. The maximum atomic E-state index is 2.63. The molecular weight excluding hydrogens is 196 g/mol. The predicted molar refractivity (Wildman–Crippen MR) is 71.9 cm³/mol. The average Bonchev–Trinajstić information content (AvgIpc) is 2.29. The minimum atomic E-state index is 0.954. The van der Waals surface area contributed by atoms with E-state index in [0.717, 1.165) is 5.92 Å². The van der Waals surface area contributed by atoms with Crippen molar-refractivity contribution >= 4 is 0 Å². The maximum Gasteiger partial charge on any atom is 0.000756 e. The summed E-state index contributed by atoms with van der Waals surface area (Å²) in [6.45, 7) is 11.1. The molecule has 2 nitrogen and oxygen atoms in total. The van der Waals surface area contributed by atoms with Crippen molar-refractivity contribution in [2.24, 2.45) is 5.92 Å². The number of rotatable bonds is 7. The van der Waals surface area contributed by atoms with Crippen molar-refractivity contribution in [1.29, 1.82) is 0 Å². The van der Waals surface area contributed by atoms with Crippen molar-refractivity contribution in [2.45, 2.75) is 46.0 Å². The zero-order chi connectivity index (χ0) is 11.8. The van der Waals surface area contributed by atoms with E-state index in [4.69, 9.17) is 0 Å². The molecule has 0 unspecified atom stereocenters. The fraction of sp³-hybridized carbons (Fsp3) is 1.00. The summed E-state index contributed by atoms with van der Waals surface area (Å²) in [5, 5.41) is 0. The van der Waals surface area contributed by atoms with Gasteiger partial charge in [0.1, 0.15) is 0 Å². The van der Waals surface area contributed by atoms with Crippen LogP contribution >= 0.6 is 0 Å². The monoisotopic (exact) mass is 226 g/mol. The first kappa shape index (κ1) is 14.0. The average molecular weight is 226 g/mol. The van der Waals surface area contributed by atoms with Crippen LogP contribution in [-0.2, 0) is 0 Å². The van der Waals surface area contributed by atoms with Crippen molar-refractivity contribution in [3.63, 3.8) is 0 Å². The van der Waals surface area contributed by atoms with Crippen molar-refractivity contribution in [3.8, 4) is 0 Å². The molecule has 1 saturated heterocycles. The first-order chi connectivity index (χ1) is 7.76. The van der Waals surface area contributed by atoms with Crippen LogP contribution in [0.5, 0.6) is 0 Å². The van der Waals surface area contributed by atoms with E-state index >= 15 is 0 Å². The molecule has 0 aromatic heterocycles. The van der Waals surface area contributed by atoms with E-state index in [-0.39, 0.29) is 0 Å². The molecule has 0 bridgehead atoms.